The molecule has 0 aliphatic heterocycles. The van der Waals surface area contributed by atoms with E-state index in [1.807, 2.05) is 24.7 Å². The van der Waals surface area contributed by atoms with Gasteiger partial charge in [0.1, 0.15) is 16.6 Å². The molecule has 1 amide bonds. The summed E-state index contributed by atoms with van der Waals surface area (Å²) in [4.78, 5) is 15.4. The number of hydrogen-bond donors (Lipinski definition) is 1. The molecule has 8 heteroatoms. The van der Waals surface area contributed by atoms with Gasteiger partial charge in [0.25, 0.3) is 0 Å². The van der Waals surface area contributed by atoms with Crippen LogP contribution in [0, 0.1) is 0 Å². The molecule has 5 nitrogen and oxygen atoms in total. The van der Waals surface area contributed by atoms with Gasteiger partial charge in [0.2, 0.25) is 5.91 Å². The van der Waals surface area contributed by atoms with Crippen LogP contribution in [0.4, 0.5) is 0 Å². The molecule has 18 heavy (non-hydrogen) atoms. The first-order valence-electron chi connectivity index (χ1n) is 4.96. The molecule has 0 saturated heterocycles. The smallest absolute Gasteiger partial charge is 0.235 e. The minimum absolute atomic E-state index is 0. The number of aromatic nitrogens is 3. The summed E-state index contributed by atoms with van der Waals surface area (Å²) in [6.07, 6.45) is 1.87. The minimum Gasteiger partial charge on any atom is -0.349 e. The van der Waals surface area contributed by atoms with Crippen LogP contribution >= 0.6 is 35.3 Å². The Morgan fingerprint density at radius 1 is 1.61 bits per heavy atom. The number of hydrogen-bond acceptors (Lipinski definition) is 4. The van der Waals surface area contributed by atoms with Crippen LogP contribution in [0.3, 0.4) is 0 Å². The molecule has 0 atom stereocenters. The summed E-state index contributed by atoms with van der Waals surface area (Å²) in [6, 6.07) is 1.90. The number of nitrogens with one attached hydrogen (secondary N) is 1. The lowest BCUT2D eigenvalue weighted by Gasteiger charge is -1.98. The minimum atomic E-state index is -0.195. The van der Waals surface area contributed by atoms with Gasteiger partial charge in [-0.05, 0) is 6.07 Å². The number of amides is 1. The molecule has 0 radical (unpaired) electrons. The normalized spacial score (nSPS) is 9.89. The molecule has 1 N–H and O–H groups in total. The van der Waals surface area contributed by atoms with Gasteiger partial charge in [-0.25, -0.2) is 4.98 Å². The standard InChI is InChI=1S/C10H11ClN4OS.ClH/c1-15-3-2-8(14-15)10-13-7(6-17-10)5-12-9(16)4-11;/h2-3,6H,4-5H2,1H3,(H,12,16);1H. The molecule has 98 valence electrons. The van der Waals surface area contributed by atoms with Crippen molar-refractivity contribution in [2.75, 3.05) is 5.88 Å². The Balaban J connectivity index is 0.00000162. The highest BCUT2D eigenvalue weighted by molar-refractivity contribution is 7.13. The first-order valence-corrected chi connectivity index (χ1v) is 6.37. The van der Waals surface area contributed by atoms with E-state index in [9.17, 15) is 4.79 Å². The Morgan fingerprint density at radius 2 is 2.39 bits per heavy atom. The zero-order valence-corrected chi connectivity index (χ0v) is 12.0. The van der Waals surface area contributed by atoms with Crippen molar-refractivity contribution in [2.24, 2.45) is 7.05 Å². The highest BCUT2D eigenvalue weighted by Crippen LogP contribution is 2.21. The van der Waals surface area contributed by atoms with Gasteiger partial charge in [0, 0.05) is 18.6 Å². The second kappa shape index (κ2) is 6.72. The first kappa shape index (κ1) is 14.9. The lowest BCUT2D eigenvalue weighted by atomic mass is 10.4. The summed E-state index contributed by atoms with van der Waals surface area (Å²) < 4.78 is 1.73. The highest BCUT2D eigenvalue weighted by atomic mass is 35.5. The molecule has 0 saturated carbocycles. The summed E-state index contributed by atoms with van der Waals surface area (Å²) in [6.45, 7) is 0.398. The largest absolute Gasteiger partial charge is 0.349 e. The van der Waals surface area contributed by atoms with Gasteiger partial charge in [-0.2, -0.15) is 5.10 Å². The SMILES string of the molecule is Cl.Cn1ccc(-c2nc(CNC(=O)CCl)cs2)n1. The topological polar surface area (TPSA) is 59.8 Å². The van der Waals surface area contributed by atoms with Crippen molar-refractivity contribution in [3.8, 4) is 10.7 Å². The maximum absolute atomic E-state index is 11.0. The number of thiazole rings is 1. The quantitative estimate of drug-likeness (QED) is 0.877. The van der Waals surface area contributed by atoms with E-state index in [-0.39, 0.29) is 24.2 Å². The van der Waals surface area contributed by atoms with Crippen LogP contribution in [0.25, 0.3) is 10.7 Å². The van der Waals surface area contributed by atoms with E-state index in [4.69, 9.17) is 11.6 Å². The van der Waals surface area contributed by atoms with Gasteiger partial charge in [0.05, 0.1) is 12.2 Å². The molecule has 0 fully saturated rings. The van der Waals surface area contributed by atoms with E-state index >= 15 is 0 Å². The summed E-state index contributed by atoms with van der Waals surface area (Å²) >= 11 is 6.88. The zero-order valence-electron chi connectivity index (χ0n) is 9.59. The fourth-order valence-electron chi connectivity index (χ4n) is 1.27. The Labute approximate surface area is 120 Å². The molecule has 0 aliphatic rings. The molecule has 0 spiro atoms. The average molecular weight is 307 g/mol. The molecular weight excluding hydrogens is 295 g/mol. The molecule has 2 rings (SSSR count). The second-order valence-electron chi connectivity index (χ2n) is 3.43. The third kappa shape index (κ3) is 3.69. The van der Waals surface area contributed by atoms with Crippen LogP contribution in [0.15, 0.2) is 17.6 Å². The number of alkyl halides is 1. The van der Waals surface area contributed by atoms with Crippen molar-refractivity contribution in [3.63, 3.8) is 0 Å². The Morgan fingerprint density at radius 3 is 3.00 bits per heavy atom. The summed E-state index contributed by atoms with van der Waals surface area (Å²) in [5, 5.41) is 9.68. The molecule has 2 aromatic rings. The summed E-state index contributed by atoms with van der Waals surface area (Å²) in [5.41, 5.74) is 1.65. The van der Waals surface area contributed by atoms with Crippen molar-refractivity contribution >= 4 is 41.3 Å². The maximum atomic E-state index is 11.0. The molecular formula is C10H12Cl2N4OS. The monoisotopic (exact) mass is 306 g/mol. The van der Waals surface area contributed by atoms with E-state index in [0.29, 0.717) is 6.54 Å². The van der Waals surface area contributed by atoms with Crippen LogP contribution in [0.2, 0.25) is 0 Å². The highest BCUT2D eigenvalue weighted by Gasteiger charge is 2.07. The Bertz CT molecular complexity index is 525. The van der Waals surface area contributed by atoms with Gasteiger partial charge >= 0.3 is 0 Å². The van der Waals surface area contributed by atoms with E-state index in [1.54, 1.807) is 4.68 Å². The number of rotatable bonds is 4. The van der Waals surface area contributed by atoms with Gasteiger partial charge in [-0.15, -0.1) is 35.3 Å². The van der Waals surface area contributed by atoms with E-state index in [0.717, 1.165) is 16.4 Å². The van der Waals surface area contributed by atoms with Crippen LogP contribution < -0.4 is 5.32 Å². The average Bonchev–Trinajstić information content (AvgIpc) is 2.94. The predicted octanol–water partition coefficient (Wildman–Crippen LogP) is 1.82. The Hall–Kier alpha value is -1.11. The van der Waals surface area contributed by atoms with Crippen molar-refractivity contribution in [3.05, 3.63) is 23.3 Å². The van der Waals surface area contributed by atoms with Crippen LogP contribution in [-0.4, -0.2) is 26.6 Å². The van der Waals surface area contributed by atoms with E-state index < -0.39 is 0 Å². The predicted molar refractivity (Wildman–Crippen MR) is 74.1 cm³/mol. The van der Waals surface area contributed by atoms with Crippen LogP contribution in [-0.2, 0) is 18.4 Å². The Kier molecular flexibility index (Phi) is 5.58. The van der Waals surface area contributed by atoms with Crippen molar-refractivity contribution < 1.29 is 4.79 Å². The summed E-state index contributed by atoms with van der Waals surface area (Å²) in [7, 11) is 1.86. The van der Waals surface area contributed by atoms with Crippen LogP contribution in [0.5, 0.6) is 0 Å². The lowest BCUT2D eigenvalue weighted by Crippen LogP contribution is -2.23. The van der Waals surface area contributed by atoms with Gasteiger partial charge in [0.15, 0.2) is 0 Å². The lowest BCUT2D eigenvalue weighted by molar-refractivity contribution is -0.118. The van der Waals surface area contributed by atoms with Crippen molar-refractivity contribution in [2.45, 2.75) is 6.54 Å². The number of aryl methyl sites for hydroxylation is 1. The molecule has 0 bridgehead atoms. The maximum Gasteiger partial charge on any atom is 0.235 e. The fourth-order valence-corrected chi connectivity index (χ4v) is 2.15. The number of halogens is 2. The van der Waals surface area contributed by atoms with Gasteiger partial charge in [-0.3, -0.25) is 9.48 Å². The molecule has 0 aromatic carbocycles. The van der Waals surface area contributed by atoms with Crippen molar-refractivity contribution in [1.82, 2.24) is 20.1 Å². The van der Waals surface area contributed by atoms with Crippen LogP contribution in [0.1, 0.15) is 5.69 Å². The van der Waals surface area contributed by atoms with Gasteiger partial charge in [-0.1, -0.05) is 0 Å². The molecule has 2 aromatic heterocycles. The van der Waals surface area contributed by atoms with Gasteiger partial charge < -0.3 is 5.32 Å². The second-order valence-corrected chi connectivity index (χ2v) is 4.55. The van der Waals surface area contributed by atoms with Crippen molar-refractivity contribution in [1.29, 1.82) is 0 Å². The number of carbonyl (C=O) groups excluding carboxylic acids is 1. The summed E-state index contributed by atoms with van der Waals surface area (Å²) in [5.74, 6) is -0.226. The molecule has 2 heterocycles. The molecule has 0 aliphatic carbocycles. The number of nitrogens with zero attached hydrogens (tertiary/aromatic N) is 3. The number of carbonyl (C=O) groups is 1. The fraction of sp³-hybridized carbons (Fsp3) is 0.300. The zero-order chi connectivity index (χ0) is 12.3. The first-order chi connectivity index (χ1) is 8.19. The third-order valence-electron chi connectivity index (χ3n) is 2.07. The molecule has 0 unspecified atom stereocenters. The van der Waals surface area contributed by atoms with E-state index in [1.165, 1.54) is 11.3 Å². The van der Waals surface area contributed by atoms with E-state index in [2.05, 4.69) is 15.4 Å². The third-order valence-corrected chi connectivity index (χ3v) is 3.23.